The van der Waals surface area contributed by atoms with Gasteiger partial charge in [0.05, 0.1) is 7.11 Å². The molecule has 1 aromatic carbocycles. The molecule has 22 heavy (non-hydrogen) atoms. The zero-order chi connectivity index (χ0) is 16.4. The second kappa shape index (κ2) is 9.55. The smallest absolute Gasteiger partial charge is 0.305 e. The molecular weight excluding hydrogens is 284 g/mol. The van der Waals surface area contributed by atoms with E-state index in [9.17, 15) is 14.4 Å². The van der Waals surface area contributed by atoms with Crippen molar-refractivity contribution in [3.8, 4) is 0 Å². The quantitative estimate of drug-likeness (QED) is 0.535. The number of esters is 1. The molecule has 0 aliphatic rings. The fourth-order valence-electron chi connectivity index (χ4n) is 1.94. The highest BCUT2D eigenvalue weighted by molar-refractivity contribution is 5.97. The van der Waals surface area contributed by atoms with Crippen molar-refractivity contribution in [2.24, 2.45) is 5.73 Å². The number of hydrogen-bond donors (Lipinski definition) is 2. The summed E-state index contributed by atoms with van der Waals surface area (Å²) in [7, 11) is 1.38. The summed E-state index contributed by atoms with van der Waals surface area (Å²) >= 11 is 0. The highest BCUT2D eigenvalue weighted by atomic mass is 16.5. The summed E-state index contributed by atoms with van der Waals surface area (Å²) in [6, 6.07) is 6.21. The fraction of sp³-hybridized carbons (Fsp3) is 0.438. The molecule has 0 saturated carbocycles. The van der Waals surface area contributed by atoms with Crippen LogP contribution in [0.5, 0.6) is 0 Å². The minimum Gasteiger partial charge on any atom is -0.469 e. The molecule has 0 atom stereocenters. The number of methoxy groups -OCH3 is 1. The van der Waals surface area contributed by atoms with E-state index < -0.39 is 5.91 Å². The zero-order valence-corrected chi connectivity index (χ0v) is 12.8. The molecule has 0 aromatic heterocycles. The molecule has 0 aliphatic carbocycles. The number of hydrogen-bond acceptors (Lipinski definition) is 4. The lowest BCUT2D eigenvalue weighted by Crippen LogP contribution is -2.24. The summed E-state index contributed by atoms with van der Waals surface area (Å²) in [5, 5.41) is 2.81. The molecule has 6 heteroatoms. The van der Waals surface area contributed by atoms with Crippen molar-refractivity contribution in [2.45, 2.75) is 32.1 Å². The van der Waals surface area contributed by atoms with Crippen LogP contribution in [0, 0.1) is 0 Å². The van der Waals surface area contributed by atoms with Gasteiger partial charge in [-0.25, -0.2) is 0 Å². The third-order valence-electron chi connectivity index (χ3n) is 3.25. The number of primary amides is 1. The minimum absolute atomic E-state index is 0.175. The summed E-state index contributed by atoms with van der Waals surface area (Å²) in [5.74, 6) is -0.878. The molecule has 1 aromatic rings. The Hall–Kier alpha value is -2.37. The van der Waals surface area contributed by atoms with Crippen molar-refractivity contribution >= 4 is 17.8 Å². The van der Waals surface area contributed by atoms with Crippen LogP contribution in [0.15, 0.2) is 24.3 Å². The van der Waals surface area contributed by atoms with Crippen LogP contribution in [-0.2, 0) is 9.53 Å². The average Bonchev–Trinajstić information content (AvgIpc) is 2.53. The molecular formula is C16H22N2O4. The van der Waals surface area contributed by atoms with E-state index in [1.807, 2.05) is 0 Å². The summed E-state index contributed by atoms with van der Waals surface area (Å²) in [5.41, 5.74) is 6.01. The number of rotatable bonds is 9. The van der Waals surface area contributed by atoms with Crippen molar-refractivity contribution < 1.29 is 19.1 Å². The first-order valence-corrected chi connectivity index (χ1v) is 7.29. The van der Waals surface area contributed by atoms with Crippen molar-refractivity contribution in [3.63, 3.8) is 0 Å². The SMILES string of the molecule is COC(=O)CCCCCCNC(=O)c1ccc(C(N)=O)cc1. The number of ether oxygens (including phenoxy) is 1. The molecule has 0 unspecified atom stereocenters. The van der Waals surface area contributed by atoms with Crippen LogP contribution in [0.4, 0.5) is 0 Å². The van der Waals surface area contributed by atoms with E-state index in [4.69, 9.17) is 5.73 Å². The highest BCUT2D eigenvalue weighted by Gasteiger charge is 2.06. The van der Waals surface area contributed by atoms with Crippen LogP contribution >= 0.6 is 0 Å². The molecule has 0 aliphatic heterocycles. The van der Waals surface area contributed by atoms with Crippen LogP contribution in [0.3, 0.4) is 0 Å². The van der Waals surface area contributed by atoms with Crippen molar-refractivity contribution in [1.82, 2.24) is 5.32 Å². The van der Waals surface area contributed by atoms with E-state index in [-0.39, 0.29) is 11.9 Å². The normalized spacial score (nSPS) is 10.0. The number of nitrogens with one attached hydrogen (secondary N) is 1. The summed E-state index contributed by atoms with van der Waals surface area (Å²) in [6.07, 6.45) is 3.96. The molecule has 3 N–H and O–H groups in total. The van der Waals surface area contributed by atoms with Crippen molar-refractivity contribution in [3.05, 3.63) is 35.4 Å². The highest BCUT2D eigenvalue weighted by Crippen LogP contribution is 2.05. The van der Waals surface area contributed by atoms with Gasteiger partial charge in [-0.05, 0) is 37.1 Å². The van der Waals surface area contributed by atoms with E-state index in [1.165, 1.54) is 19.2 Å². The Morgan fingerprint density at radius 3 is 2.18 bits per heavy atom. The number of unbranched alkanes of at least 4 members (excludes halogenated alkanes) is 3. The van der Waals surface area contributed by atoms with Gasteiger partial charge in [0.25, 0.3) is 5.91 Å². The van der Waals surface area contributed by atoms with Gasteiger partial charge in [-0.3, -0.25) is 14.4 Å². The molecule has 0 radical (unpaired) electrons. The number of nitrogens with two attached hydrogens (primary N) is 1. The first-order chi connectivity index (χ1) is 10.5. The lowest BCUT2D eigenvalue weighted by molar-refractivity contribution is -0.140. The minimum atomic E-state index is -0.515. The molecule has 1 rings (SSSR count). The lowest BCUT2D eigenvalue weighted by atomic mass is 10.1. The molecule has 0 heterocycles. The maximum absolute atomic E-state index is 11.9. The van der Waals surface area contributed by atoms with E-state index in [0.717, 1.165) is 25.7 Å². The second-order valence-electron chi connectivity index (χ2n) is 4.94. The molecule has 2 amide bonds. The number of amides is 2. The average molecular weight is 306 g/mol. The second-order valence-corrected chi connectivity index (χ2v) is 4.94. The van der Waals surface area contributed by atoms with Crippen LogP contribution < -0.4 is 11.1 Å². The van der Waals surface area contributed by atoms with Gasteiger partial charge in [0.1, 0.15) is 0 Å². The van der Waals surface area contributed by atoms with E-state index in [2.05, 4.69) is 10.1 Å². The van der Waals surface area contributed by atoms with Gasteiger partial charge < -0.3 is 15.8 Å². The maximum Gasteiger partial charge on any atom is 0.305 e. The number of benzene rings is 1. The molecule has 0 fully saturated rings. The number of carbonyl (C=O) groups is 3. The topological polar surface area (TPSA) is 98.5 Å². The standard InChI is InChI=1S/C16H22N2O4/c1-22-14(19)6-4-2-3-5-11-18-16(21)13-9-7-12(8-10-13)15(17)20/h7-10H,2-6,11H2,1H3,(H2,17,20)(H,18,21). The molecule has 0 spiro atoms. The zero-order valence-electron chi connectivity index (χ0n) is 12.8. The summed E-state index contributed by atoms with van der Waals surface area (Å²) in [4.78, 5) is 33.7. The largest absolute Gasteiger partial charge is 0.469 e. The van der Waals surface area contributed by atoms with Gasteiger partial charge in [-0.15, -0.1) is 0 Å². The van der Waals surface area contributed by atoms with Gasteiger partial charge >= 0.3 is 5.97 Å². The first kappa shape index (κ1) is 17.7. The monoisotopic (exact) mass is 306 g/mol. The number of carbonyl (C=O) groups excluding carboxylic acids is 3. The maximum atomic E-state index is 11.9. The Balaban J connectivity index is 2.18. The van der Waals surface area contributed by atoms with Crippen LogP contribution in [0.1, 0.15) is 52.8 Å². The molecule has 0 bridgehead atoms. The predicted octanol–water partition coefficient (Wildman–Crippen LogP) is 1.64. The van der Waals surface area contributed by atoms with E-state index in [0.29, 0.717) is 24.1 Å². The third-order valence-corrected chi connectivity index (χ3v) is 3.25. The summed E-state index contributed by atoms with van der Waals surface area (Å²) in [6.45, 7) is 0.578. The van der Waals surface area contributed by atoms with Crippen LogP contribution in [0.2, 0.25) is 0 Å². The van der Waals surface area contributed by atoms with Gasteiger partial charge in [0.15, 0.2) is 0 Å². The Kier molecular flexibility index (Phi) is 7.67. The van der Waals surface area contributed by atoms with Gasteiger partial charge in [-0.2, -0.15) is 0 Å². The Morgan fingerprint density at radius 1 is 1.00 bits per heavy atom. The molecule has 0 saturated heterocycles. The van der Waals surface area contributed by atoms with Gasteiger partial charge in [0.2, 0.25) is 5.91 Å². The van der Waals surface area contributed by atoms with Crippen molar-refractivity contribution in [1.29, 1.82) is 0 Å². The van der Waals surface area contributed by atoms with Crippen LogP contribution in [0.25, 0.3) is 0 Å². The Bertz CT molecular complexity index is 511. The Labute approximate surface area is 130 Å². The summed E-state index contributed by atoms with van der Waals surface area (Å²) < 4.78 is 4.56. The van der Waals surface area contributed by atoms with Gasteiger partial charge in [0, 0.05) is 24.1 Å². The predicted molar refractivity (Wildman–Crippen MR) is 82.4 cm³/mol. The lowest BCUT2D eigenvalue weighted by Gasteiger charge is -2.06. The molecule has 120 valence electrons. The fourth-order valence-corrected chi connectivity index (χ4v) is 1.94. The van der Waals surface area contributed by atoms with Gasteiger partial charge in [-0.1, -0.05) is 12.8 Å². The molecule has 6 nitrogen and oxygen atoms in total. The van der Waals surface area contributed by atoms with E-state index in [1.54, 1.807) is 12.1 Å². The van der Waals surface area contributed by atoms with Crippen molar-refractivity contribution in [2.75, 3.05) is 13.7 Å². The first-order valence-electron chi connectivity index (χ1n) is 7.29. The van der Waals surface area contributed by atoms with Crippen LogP contribution in [-0.4, -0.2) is 31.4 Å². The third kappa shape index (κ3) is 6.39. The van der Waals surface area contributed by atoms with E-state index >= 15 is 0 Å². The Morgan fingerprint density at radius 2 is 1.59 bits per heavy atom.